The predicted octanol–water partition coefficient (Wildman–Crippen LogP) is 2.55. The summed E-state index contributed by atoms with van der Waals surface area (Å²) in [7, 11) is 1.30. The topological polar surface area (TPSA) is 75.3 Å². The minimum Gasteiger partial charge on any atom is -0.463 e. The highest BCUT2D eigenvalue weighted by molar-refractivity contribution is 5.86. The van der Waals surface area contributed by atoms with Gasteiger partial charge in [-0.15, -0.1) is 0 Å². The molecule has 0 aliphatic rings. The van der Waals surface area contributed by atoms with Crippen molar-refractivity contribution in [2.24, 2.45) is 0 Å². The van der Waals surface area contributed by atoms with Crippen LogP contribution in [-0.4, -0.2) is 13.1 Å². The van der Waals surface area contributed by atoms with Crippen molar-refractivity contribution < 1.29 is 13.9 Å². The number of anilines is 1. The van der Waals surface area contributed by atoms with E-state index < -0.39 is 5.97 Å². The van der Waals surface area contributed by atoms with Crippen molar-refractivity contribution in [1.29, 1.82) is 5.26 Å². The average Bonchev–Trinajstić information content (AvgIpc) is 2.93. The molecule has 1 N–H and O–H groups in total. The average molecular weight is 256 g/mol. The lowest BCUT2D eigenvalue weighted by Gasteiger charge is -2.04. The molecule has 1 heterocycles. The highest BCUT2D eigenvalue weighted by Crippen LogP contribution is 2.14. The first-order valence-electron chi connectivity index (χ1n) is 5.64. The summed E-state index contributed by atoms with van der Waals surface area (Å²) in [6.07, 6.45) is 0. The van der Waals surface area contributed by atoms with Gasteiger partial charge in [0.2, 0.25) is 5.76 Å². The summed E-state index contributed by atoms with van der Waals surface area (Å²) < 4.78 is 9.87. The molecule has 0 bridgehead atoms. The molecule has 5 heteroatoms. The Morgan fingerprint density at radius 3 is 3.00 bits per heavy atom. The third-order valence-corrected chi connectivity index (χ3v) is 2.51. The minimum absolute atomic E-state index is 0.171. The Hall–Kier alpha value is -2.74. The molecule has 0 atom stereocenters. The van der Waals surface area contributed by atoms with Crippen LogP contribution < -0.4 is 5.32 Å². The van der Waals surface area contributed by atoms with E-state index in [0.29, 0.717) is 17.9 Å². The van der Waals surface area contributed by atoms with Gasteiger partial charge in [-0.05, 0) is 30.3 Å². The molecule has 0 unspecified atom stereocenters. The SMILES string of the molecule is COC(=O)c1ccc(CNc2cccc(C#N)c2)o1. The smallest absolute Gasteiger partial charge is 0.373 e. The molecule has 0 saturated heterocycles. The fourth-order valence-corrected chi connectivity index (χ4v) is 1.57. The molecular formula is C14H12N2O3. The zero-order valence-electron chi connectivity index (χ0n) is 10.3. The van der Waals surface area contributed by atoms with Gasteiger partial charge in [0.25, 0.3) is 0 Å². The first-order chi connectivity index (χ1) is 9.22. The maximum atomic E-state index is 11.2. The Kier molecular flexibility index (Phi) is 3.84. The Bertz CT molecular complexity index is 626. The van der Waals surface area contributed by atoms with Crippen molar-refractivity contribution in [1.82, 2.24) is 0 Å². The van der Waals surface area contributed by atoms with E-state index >= 15 is 0 Å². The standard InChI is InChI=1S/C14H12N2O3/c1-18-14(17)13-6-5-12(19-13)9-16-11-4-2-3-10(7-11)8-15/h2-7,16H,9H2,1H3. The van der Waals surface area contributed by atoms with Crippen molar-refractivity contribution in [2.45, 2.75) is 6.54 Å². The maximum absolute atomic E-state index is 11.2. The first-order valence-corrected chi connectivity index (χ1v) is 5.64. The van der Waals surface area contributed by atoms with E-state index in [4.69, 9.17) is 9.68 Å². The van der Waals surface area contributed by atoms with Crippen molar-refractivity contribution in [3.8, 4) is 6.07 Å². The van der Waals surface area contributed by atoms with Gasteiger partial charge in [0.05, 0.1) is 25.3 Å². The number of hydrogen-bond acceptors (Lipinski definition) is 5. The zero-order valence-corrected chi connectivity index (χ0v) is 10.3. The molecule has 2 aromatic rings. The summed E-state index contributed by atoms with van der Waals surface area (Å²) in [5.41, 5.74) is 1.40. The second-order valence-electron chi connectivity index (χ2n) is 3.80. The number of hydrogen-bond donors (Lipinski definition) is 1. The molecule has 0 radical (unpaired) electrons. The first kappa shape index (κ1) is 12.7. The van der Waals surface area contributed by atoms with E-state index in [1.165, 1.54) is 7.11 Å². The van der Waals surface area contributed by atoms with Gasteiger partial charge in [-0.2, -0.15) is 5.26 Å². The van der Waals surface area contributed by atoms with Gasteiger partial charge >= 0.3 is 5.97 Å². The van der Waals surface area contributed by atoms with Crippen LogP contribution >= 0.6 is 0 Å². The summed E-state index contributed by atoms with van der Waals surface area (Å²) in [4.78, 5) is 11.2. The predicted molar refractivity (Wildman–Crippen MR) is 68.5 cm³/mol. The van der Waals surface area contributed by atoms with Crippen LogP contribution in [0.1, 0.15) is 21.9 Å². The molecule has 0 aliphatic heterocycles. The monoisotopic (exact) mass is 256 g/mol. The number of nitrogens with one attached hydrogen (secondary N) is 1. The maximum Gasteiger partial charge on any atom is 0.373 e. The zero-order chi connectivity index (χ0) is 13.7. The molecule has 0 amide bonds. The summed E-state index contributed by atoms with van der Waals surface area (Å²) in [5.74, 6) is 0.283. The van der Waals surface area contributed by atoms with Crippen LogP contribution in [0.5, 0.6) is 0 Å². The quantitative estimate of drug-likeness (QED) is 0.851. The van der Waals surface area contributed by atoms with Gasteiger partial charge in [0.15, 0.2) is 0 Å². The molecule has 0 aliphatic carbocycles. The lowest BCUT2D eigenvalue weighted by atomic mass is 10.2. The number of carbonyl (C=O) groups is 1. The molecule has 1 aromatic heterocycles. The third kappa shape index (κ3) is 3.13. The second kappa shape index (κ2) is 5.74. The van der Waals surface area contributed by atoms with Gasteiger partial charge < -0.3 is 14.5 Å². The Morgan fingerprint density at radius 2 is 2.26 bits per heavy atom. The molecule has 2 rings (SSSR count). The number of nitrogens with zero attached hydrogens (tertiary/aromatic N) is 1. The number of rotatable bonds is 4. The Labute approximate surface area is 110 Å². The number of esters is 1. The molecular weight excluding hydrogens is 244 g/mol. The van der Waals surface area contributed by atoms with Crippen molar-refractivity contribution in [2.75, 3.05) is 12.4 Å². The minimum atomic E-state index is -0.502. The van der Waals surface area contributed by atoms with E-state index in [-0.39, 0.29) is 5.76 Å². The number of methoxy groups -OCH3 is 1. The van der Waals surface area contributed by atoms with Gasteiger partial charge in [-0.25, -0.2) is 4.79 Å². The Balaban J connectivity index is 2.00. The van der Waals surface area contributed by atoms with Crippen LogP contribution in [0.3, 0.4) is 0 Å². The number of carbonyl (C=O) groups excluding carboxylic acids is 1. The number of ether oxygens (including phenoxy) is 1. The fourth-order valence-electron chi connectivity index (χ4n) is 1.57. The third-order valence-electron chi connectivity index (χ3n) is 2.51. The van der Waals surface area contributed by atoms with Gasteiger partial charge in [0.1, 0.15) is 5.76 Å². The van der Waals surface area contributed by atoms with Crippen molar-refractivity contribution >= 4 is 11.7 Å². The highest BCUT2D eigenvalue weighted by Gasteiger charge is 2.10. The van der Waals surface area contributed by atoms with Crippen LogP contribution in [0, 0.1) is 11.3 Å². The summed E-state index contributed by atoms with van der Waals surface area (Å²) in [6, 6.07) is 12.4. The summed E-state index contributed by atoms with van der Waals surface area (Å²) in [6.45, 7) is 0.422. The van der Waals surface area contributed by atoms with Gasteiger partial charge in [-0.3, -0.25) is 0 Å². The lowest BCUT2D eigenvalue weighted by Crippen LogP contribution is -2.00. The van der Waals surface area contributed by atoms with E-state index in [0.717, 1.165) is 5.69 Å². The fraction of sp³-hybridized carbons (Fsp3) is 0.143. The normalized spacial score (nSPS) is 9.68. The number of benzene rings is 1. The van der Waals surface area contributed by atoms with E-state index in [1.54, 1.807) is 30.3 Å². The second-order valence-corrected chi connectivity index (χ2v) is 3.80. The van der Waals surface area contributed by atoms with Crippen LogP contribution in [0.2, 0.25) is 0 Å². The van der Waals surface area contributed by atoms with Crippen LogP contribution in [0.15, 0.2) is 40.8 Å². The van der Waals surface area contributed by atoms with Crippen molar-refractivity contribution in [3.05, 3.63) is 53.5 Å². The van der Waals surface area contributed by atoms with Gasteiger partial charge in [-0.1, -0.05) is 6.07 Å². The number of nitriles is 1. The summed E-state index contributed by atoms with van der Waals surface area (Å²) >= 11 is 0. The van der Waals surface area contributed by atoms with Crippen LogP contribution in [0.25, 0.3) is 0 Å². The van der Waals surface area contributed by atoms with E-state index in [9.17, 15) is 4.79 Å². The Morgan fingerprint density at radius 1 is 1.42 bits per heavy atom. The molecule has 19 heavy (non-hydrogen) atoms. The molecule has 1 aromatic carbocycles. The van der Waals surface area contributed by atoms with Crippen LogP contribution in [-0.2, 0) is 11.3 Å². The molecule has 0 fully saturated rings. The van der Waals surface area contributed by atoms with E-state index in [1.807, 2.05) is 6.07 Å². The lowest BCUT2D eigenvalue weighted by molar-refractivity contribution is 0.0563. The highest BCUT2D eigenvalue weighted by atomic mass is 16.5. The largest absolute Gasteiger partial charge is 0.463 e. The molecule has 96 valence electrons. The van der Waals surface area contributed by atoms with Gasteiger partial charge in [0, 0.05) is 5.69 Å². The van der Waals surface area contributed by atoms with E-state index in [2.05, 4.69) is 16.1 Å². The molecule has 0 spiro atoms. The molecule has 5 nitrogen and oxygen atoms in total. The number of furan rings is 1. The summed E-state index contributed by atoms with van der Waals surface area (Å²) in [5, 5.41) is 11.9. The molecule has 0 saturated carbocycles. The van der Waals surface area contributed by atoms with Crippen LogP contribution in [0.4, 0.5) is 5.69 Å². The van der Waals surface area contributed by atoms with Crippen molar-refractivity contribution in [3.63, 3.8) is 0 Å².